The molecule has 0 heterocycles. The monoisotopic (exact) mass is 340 g/mol. The zero-order chi connectivity index (χ0) is 12.4. The Labute approximate surface area is 114 Å². The highest BCUT2D eigenvalue weighted by atomic mass is 127. The molecule has 0 aliphatic rings. The highest BCUT2D eigenvalue weighted by Crippen LogP contribution is 2.37. The summed E-state index contributed by atoms with van der Waals surface area (Å²) in [5, 5.41) is 9.84. The van der Waals surface area contributed by atoms with Crippen LogP contribution in [0, 0.1) is 17.4 Å². The minimum absolute atomic E-state index is 0.170. The fourth-order valence-corrected chi connectivity index (χ4v) is 2.09. The molecule has 1 N–H and O–H groups in total. The van der Waals surface area contributed by atoms with Crippen LogP contribution in [0.2, 0.25) is 0 Å². The predicted octanol–water partition coefficient (Wildman–Crippen LogP) is 4.41. The average molecular weight is 340 g/mol. The molecule has 0 aliphatic carbocycles. The quantitative estimate of drug-likeness (QED) is 0.821. The molecule has 17 heavy (non-hydrogen) atoms. The van der Waals surface area contributed by atoms with Crippen LogP contribution in [0.25, 0.3) is 0 Å². The van der Waals surface area contributed by atoms with Crippen molar-refractivity contribution in [3.63, 3.8) is 0 Å². The highest BCUT2D eigenvalue weighted by molar-refractivity contribution is 14.1. The van der Waals surface area contributed by atoms with E-state index in [1.54, 1.807) is 6.07 Å². The first-order valence-electron chi connectivity index (χ1n) is 5.31. The number of aromatic hydroxyl groups is 1. The topological polar surface area (TPSA) is 29.5 Å². The van der Waals surface area contributed by atoms with Gasteiger partial charge in [0.05, 0.1) is 3.57 Å². The lowest BCUT2D eigenvalue weighted by Crippen LogP contribution is -1.92. The van der Waals surface area contributed by atoms with Crippen molar-refractivity contribution in [2.24, 2.45) is 0 Å². The predicted molar refractivity (Wildman–Crippen MR) is 76.8 cm³/mol. The first kappa shape index (κ1) is 12.2. The van der Waals surface area contributed by atoms with Crippen LogP contribution < -0.4 is 4.74 Å². The first-order valence-corrected chi connectivity index (χ1v) is 6.39. The van der Waals surface area contributed by atoms with Crippen LogP contribution in [-0.2, 0) is 0 Å². The lowest BCUT2D eigenvalue weighted by molar-refractivity contribution is 0.407. The molecular weight excluding hydrogens is 327 g/mol. The summed E-state index contributed by atoms with van der Waals surface area (Å²) in [7, 11) is 0. The number of hydrogen-bond acceptors (Lipinski definition) is 2. The van der Waals surface area contributed by atoms with Crippen molar-refractivity contribution in [2.75, 3.05) is 0 Å². The molecule has 0 fully saturated rings. The van der Waals surface area contributed by atoms with E-state index in [9.17, 15) is 5.11 Å². The second-order valence-corrected chi connectivity index (χ2v) is 4.99. The molecule has 0 bridgehead atoms. The van der Waals surface area contributed by atoms with E-state index in [0.29, 0.717) is 5.75 Å². The highest BCUT2D eigenvalue weighted by Gasteiger charge is 2.11. The van der Waals surface area contributed by atoms with Crippen LogP contribution in [0.15, 0.2) is 36.4 Å². The molecule has 0 atom stereocenters. The smallest absolute Gasteiger partial charge is 0.182 e. The number of rotatable bonds is 2. The Bertz CT molecular complexity index is 550. The molecule has 0 aromatic heterocycles. The van der Waals surface area contributed by atoms with Gasteiger partial charge >= 0.3 is 0 Å². The van der Waals surface area contributed by atoms with Gasteiger partial charge in [-0.3, -0.25) is 0 Å². The van der Waals surface area contributed by atoms with Gasteiger partial charge in [0.2, 0.25) is 0 Å². The maximum absolute atomic E-state index is 9.84. The molecule has 0 radical (unpaired) electrons. The van der Waals surface area contributed by atoms with Crippen molar-refractivity contribution in [3.05, 3.63) is 51.1 Å². The Morgan fingerprint density at radius 1 is 1.00 bits per heavy atom. The van der Waals surface area contributed by atoms with Crippen molar-refractivity contribution >= 4 is 22.6 Å². The molecule has 2 rings (SSSR count). The number of phenolic OH excluding ortho intramolecular Hbond substituents is 1. The first-order chi connectivity index (χ1) is 8.09. The fourth-order valence-electron chi connectivity index (χ4n) is 1.52. The van der Waals surface area contributed by atoms with Gasteiger partial charge in [0, 0.05) is 0 Å². The Kier molecular flexibility index (Phi) is 3.57. The molecule has 0 aliphatic heterocycles. The summed E-state index contributed by atoms with van der Waals surface area (Å²) in [5.74, 6) is 1.47. The summed E-state index contributed by atoms with van der Waals surface area (Å²) in [6.07, 6.45) is 0. The van der Waals surface area contributed by atoms with Crippen LogP contribution in [-0.4, -0.2) is 5.11 Å². The summed E-state index contributed by atoms with van der Waals surface area (Å²) in [5.41, 5.74) is 2.14. The minimum Gasteiger partial charge on any atom is -0.504 e. The molecule has 0 unspecified atom stereocenters. The third-order valence-electron chi connectivity index (χ3n) is 2.58. The summed E-state index contributed by atoms with van der Waals surface area (Å²) in [4.78, 5) is 0. The molecule has 0 saturated heterocycles. The second kappa shape index (κ2) is 4.96. The molecule has 2 nitrogen and oxygen atoms in total. The SMILES string of the molecule is Cc1ccccc1Oc1c(O)ccc(C)c1I. The summed E-state index contributed by atoms with van der Waals surface area (Å²) >= 11 is 2.18. The van der Waals surface area contributed by atoms with Gasteiger partial charge in [0.1, 0.15) is 5.75 Å². The van der Waals surface area contributed by atoms with E-state index in [2.05, 4.69) is 22.6 Å². The molecule has 3 heteroatoms. The number of para-hydroxylation sites is 1. The van der Waals surface area contributed by atoms with Gasteiger partial charge in [0.25, 0.3) is 0 Å². The van der Waals surface area contributed by atoms with E-state index < -0.39 is 0 Å². The van der Waals surface area contributed by atoms with Gasteiger partial charge in [-0.2, -0.15) is 0 Å². The van der Waals surface area contributed by atoms with Gasteiger partial charge in [-0.05, 0) is 59.7 Å². The van der Waals surface area contributed by atoms with Gasteiger partial charge in [-0.25, -0.2) is 0 Å². The number of halogens is 1. The third kappa shape index (κ3) is 2.54. The number of hydrogen-bond donors (Lipinski definition) is 1. The van der Waals surface area contributed by atoms with E-state index in [4.69, 9.17) is 4.74 Å². The molecule has 2 aromatic rings. The van der Waals surface area contributed by atoms with E-state index in [0.717, 1.165) is 20.4 Å². The molecule has 0 saturated carbocycles. The number of phenols is 1. The van der Waals surface area contributed by atoms with Crippen LogP contribution >= 0.6 is 22.6 Å². The summed E-state index contributed by atoms with van der Waals surface area (Å²) < 4.78 is 6.73. The molecule has 0 spiro atoms. The zero-order valence-corrected chi connectivity index (χ0v) is 11.9. The Morgan fingerprint density at radius 3 is 2.41 bits per heavy atom. The minimum atomic E-state index is 0.170. The van der Waals surface area contributed by atoms with Crippen LogP contribution in [0.5, 0.6) is 17.2 Å². The van der Waals surface area contributed by atoms with Gasteiger partial charge in [0.15, 0.2) is 11.5 Å². The molecule has 0 amide bonds. The van der Waals surface area contributed by atoms with E-state index in [1.165, 1.54) is 0 Å². The van der Waals surface area contributed by atoms with Crippen molar-refractivity contribution in [1.82, 2.24) is 0 Å². The van der Waals surface area contributed by atoms with Gasteiger partial charge in [-0.1, -0.05) is 24.3 Å². The van der Waals surface area contributed by atoms with Crippen molar-refractivity contribution < 1.29 is 9.84 Å². The van der Waals surface area contributed by atoms with E-state index >= 15 is 0 Å². The fraction of sp³-hybridized carbons (Fsp3) is 0.143. The number of aryl methyl sites for hydroxylation is 2. The lowest BCUT2D eigenvalue weighted by atomic mass is 10.2. The zero-order valence-electron chi connectivity index (χ0n) is 9.70. The maximum atomic E-state index is 9.84. The van der Waals surface area contributed by atoms with E-state index in [1.807, 2.05) is 44.2 Å². The number of ether oxygens (including phenoxy) is 1. The molecular formula is C14H13IO2. The second-order valence-electron chi connectivity index (χ2n) is 3.91. The van der Waals surface area contributed by atoms with Crippen molar-refractivity contribution in [2.45, 2.75) is 13.8 Å². The Hall–Kier alpha value is -1.23. The van der Waals surface area contributed by atoms with Crippen molar-refractivity contribution in [1.29, 1.82) is 0 Å². The standard InChI is InChI=1S/C14H13IO2/c1-9-5-3-4-6-12(9)17-14-11(16)8-7-10(2)13(14)15/h3-8,16H,1-2H3. The third-order valence-corrected chi connectivity index (χ3v) is 3.92. The largest absolute Gasteiger partial charge is 0.504 e. The van der Waals surface area contributed by atoms with Gasteiger partial charge < -0.3 is 9.84 Å². The maximum Gasteiger partial charge on any atom is 0.182 e. The summed E-state index contributed by atoms with van der Waals surface area (Å²) in [6, 6.07) is 11.3. The van der Waals surface area contributed by atoms with Gasteiger partial charge in [-0.15, -0.1) is 0 Å². The lowest BCUT2D eigenvalue weighted by Gasteiger charge is -2.12. The van der Waals surface area contributed by atoms with Crippen LogP contribution in [0.3, 0.4) is 0 Å². The molecule has 88 valence electrons. The van der Waals surface area contributed by atoms with E-state index in [-0.39, 0.29) is 5.75 Å². The number of benzene rings is 2. The van der Waals surface area contributed by atoms with Crippen molar-refractivity contribution in [3.8, 4) is 17.2 Å². The van der Waals surface area contributed by atoms with Crippen LogP contribution in [0.4, 0.5) is 0 Å². The Morgan fingerprint density at radius 2 is 1.71 bits per heavy atom. The molecule has 2 aromatic carbocycles. The van der Waals surface area contributed by atoms with Crippen LogP contribution in [0.1, 0.15) is 11.1 Å². The summed E-state index contributed by atoms with van der Waals surface area (Å²) in [6.45, 7) is 3.97. The normalized spacial score (nSPS) is 10.3. The average Bonchev–Trinajstić information content (AvgIpc) is 2.32. The Balaban J connectivity index is 2.43.